The van der Waals surface area contributed by atoms with Gasteiger partial charge in [-0.3, -0.25) is 10.3 Å². The molecule has 2 atom stereocenters. The van der Waals surface area contributed by atoms with Crippen molar-refractivity contribution in [3.05, 3.63) is 23.2 Å². The van der Waals surface area contributed by atoms with Crippen LogP contribution in [0.2, 0.25) is 0 Å². The van der Waals surface area contributed by atoms with Crippen molar-refractivity contribution in [2.24, 2.45) is 0 Å². The van der Waals surface area contributed by atoms with Gasteiger partial charge in [0.1, 0.15) is 0 Å². The number of rotatable bonds is 3. The predicted molar refractivity (Wildman–Crippen MR) is 122 cm³/mol. The third-order valence-corrected chi connectivity index (χ3v) is 5.88. The summed E-state index contributed by atoms with van der Waals surface area (Å²) in [5.74, 6) is 1.57. The lowest BCUT2D eigenvalue weighted by atomic mass is 9.95. The van der Waals surface area contributed by atoms with Gasteiger partial charge < -0.3 is 15.4 Å². The minimum absolute atomic E-state index is 0.225. The van der Waals surface area contributed by atoms with Crippen LogP contribution < -0.4 is 26.4 Å². The van der Waals surface area contributed by atoms with Crippen molar-refractivity contribution in [1.29, 1.82) is 0 Å². The fraction of sp³-hybridized carbons (Fsp3) is 0.727. The molecule has 1 fully saturated rings. The summed E-state index contributed by atoms with van der Waals surface area (Å²) in [6.45, 7) is 9.77. The van der Waals surface area contributed by atoms with Crippen LogP contribution in [0.1, 0.15) is 77.8 Å². The van der Waals surface area contributed by atoms with E-state index in [4.69, 9.17) is 9.72 Å². The molecule has 1 aliphatic carbocycles. The number of hydrazine groups is 1. The van der Waals surface area contributed by atoms with E-state index in [1.807, 2.05) is 27.1 Å². The third kappa shape index (κ3) is 5.22. The van der Waals surface area contributed by atoms with Gasteiger partial charge in [-0.1, -0.05) is 33.1 Å². The molecule has 0 saturated heterocycles. The Bertz CT molecular complexity index is 717. The largest absolute Gasteiger partial charge is 0.384 e. The number of nitrogens with zero attached hydrogens (tertiary/aromatic N) is 3. The van der Waals surface area contributed by atoms with Crippen LogP contribution in [0.3, 0.4) is 0 Å². The lowest BCUT2D eigenvalue weighted by Crippen LogP contribution is -2.39. The van der Waals surface area contributed by atoms with Crippen molar-refractivity contribution in [3.63, 3.8) is 0 Å². The molecule has 0 spiro atoms. The Morgan fingerprint density at radius 1 is 1.20 bits per heavy atom. The van der Waals surface area contributed by atoms with Crippen molar-refractivity contribution in [2.75, 3.05) is 30.5 Å². The molecule has 0 radical (unpaired) electrons. The smallest absolute Gasteiger partial charge is 0.229 e. The summed E-state index contributed by atoms with van der Waals surface area (Å²) in [6.07, 6.45) is 9.01. The molecule has 0 amide bonds. The van der Waals surface area contributed by atoms with E-state index >= 15 is 0 Å². The van der Waals surface area contributed by atoms with Gasteiger partial charge in [-0.15, -0.1) is 0 Å². The molecule has 1 aromatic heterocycles. The molecule has 1 aromatic rings. The standard InChI is InChI=1S/C20H33N7O.C2H6/c1-13-16-12-22-20-24-17(14(2)23-15-8-5-4-6-9-15)19(21-3)28-11-7-10-27(26-13)18(16)25-20;1-2/h12-13,15,19,21,23,26H,4-11H2,1-3H3,(H,22,24,25);1-2H3/b17-14+;. The number of hydrogen-bond acceptors (Lipinski definition) is 8. The van der Waals surface area contributed by atoms with Gasteiger partial charge in [0.2, 0.25) is 5.95 Å². The summed E-state index contributed by atoms with van der Waals surface area (Å²) in [4.78, 5) is 9.39. The Hall–Kier alpha value is -1.90. The molecule has 0 aromatic carbocycles. The molecule has 1 saturated carbocycles. The molecule has 2 bridgehead atoms. The van der Waals surface area contributed by atoms with Crippen LogP contribution in [-0.4, -0.2) is 42.4 Å². The Morgan fingerprint density at radius 3 is 2.70 bits per heavy atom. The van der Waals surface area contributed by atoms with Crippen molar-refractivity contribution in [2.45, 2.75) is 84.5 Å². The summed E-state index contributed by atoms with van der Waals surface area (Å²) >= 11 is 0. The zero-order chi connectivity index (χ0) is 21.5. The van der Waals surface area contributed by atoms with E-state index < -0.39 is 0 Å². The summed E-state index contributed by atoms with van der Waals surface area (Å²) in [6, 6.07) is 0.753. The number of anilines is 2. The SMILES string of the molecule is CC.CNC1OCCCN2NC(C)c3cnc(nc32)N/C1=C(\C)NC1CCCCC1. The van der Waals surface area contributed by atoms with Gasteiger partial charge >= 0.3 is 0 Å². The second-order valence-corrected chi connectivity index (χ2v) is 8.01. The zero-order valence-corrected chi connectivity index (χ0v) is 19.2. The second-order valence-electron chi connectivity index (χ2n) is 8.01. The van der Waals surface area contributed by atoms with Crippen LogP contribution in [0.5, 0.6) is 0 Å². The quantitative estimate of drug-likeness (QED) is 0.595. The second kappa shape index (κ2) is 10.9. The molecule has 2 unspecified atom stereocenters. The van der Waals surface area contributed by atoms with Gasteiger partial charge in [-0.05, 0) is 40.2 Å². The van der Waals surface area contributed by atoms with Crippen LogP contribution in [0, 0.1) is 0 Å². The molecule has 30 heavy (non-hydrogen) atoms. The average molecular weight is 418 g/mol. The normalized spacial score (nSPS) is 26.1. The van der Waals surface area contributed by atoms with Gasteiger partial charge in [0, 0.05) is 30.0 Å². The highest BCUT2D eigenvalue weighted by atomic mass is 16.5. The van der Waals surface area contributed by atoms with E-state index in [1.54, 1.807) is 0 Å². The van der Waals surface area contributed by atoms with Crippen LogP contribution in [0.15, 0.2) is 17.6 Å². The van der Waals surface area contributed by atoms with E-state index in [0.29, 0.717) is 18.6 Å². The molecular formula is C22H39N7O. The van der Waals surface area contributed by atoms with E-state index in [9.17, 15) is 0 Å². The summed E-state index contributed by atoms with van der Waals surface area (Å²) in [5.41, 5.74) is 6.66. The number of allylic oxidation sites excluding steroid dienone is 1. The number of likely N-dealkylation sites (N-methyl/N-ethyl adjacent to an activating group) is 1. The lowest BCUT2D eigenvalue weighted by molar-refractivity contribution is 0.0586. The highest BCUT2D eigenvalue weighted by Crippen LogP contribution is 2.31. The molecule has 3 heterocycles. The minimum atomic E-state index is -0.232. The van der Waals surface area contributed by atoms with E-state index in [2.05, 4.69) is 45.2 Å². The van der Waals surface area contributed by atoms with Gasteiger partial charge in [-0.2, -0.15) is 4.98 Å². The Morgan fingerprint density at radius 2 is 1.97 bits per heavy atom. The molecule has 4 N–H and O–H groups in total. The molecule has 8 heteroatoms. The fourth-order valence-corrected chi connectivity index (χ4v) is 4.34. The van der Waals surface area contributed by atoms with E-state index in [1.165, 1.54) is 32.1 Å². The maximum atomic E-state index is 6.18. The number of aromatic nitrogens is 2. The van der Waals surface area contributed by atoms with E-state index in [0.717, 1.165) is 35.7 Å². The summed E-state index contributed by atoms with van der Waals surface area (Å²) < 4.78 is 6.18. The average Bonchev–Trinajstić information content (AvgIpc) is 3.08. The van der Waals surface area contributed by atoms with Gasteiger partial charge in [0.25, 0.3) is 0 Å². The lowest BCUT2D eigenvalue weighted by Gasteiger charge is -2.28. The molecular weight excluding hydrogens is 378 g/mol. The number of nitrogens with one attached hydrogen (secondary N) is 4. The number of fused-ring (bicyclic) bond motifs is 1. The maximum absolute atomic E-state index is 6.18. The summed E-state index contributed by atoms with van der Waals surface area (Å²) in [5, 5.41) is 12.6. The number of hydrogen-bond donors (Lipinski definition) is 4. The minimum Gasteiger partial charge on any atom is -0.384 e. The first-order valence-corrected chi connectivity index (χ1v) is 11.6. The van der Waals surface area contributed by atoms with Crippen LogP contribution in [0.25, 0.3) is 0 Å². The van der Waals surface area contributed by atoms with Crippen molar-refractivity contribution in [1.82, 2.24) is 26.0 Å². The fourth-order valence-electron chi connectivity index (χ4n) is 4.34. The molecule has 2 aliphatic heterocycles. The van der Waals surface area contributed by atoms with Gasteiger partial charge in [-0.25, -0.2) is 10.4 Å². The zero-order valence-electron chi connectivity index (χ0n) is 19.2. The molecule has 4 rings (SSSR count). The summed E-state index contributed by atoms with van der Waals surface area (Å²) in [7, 11) is 1.92. The Balaban J connectivity index is 0.00000124. The predicted octanol–water partition coefficient (Wildman–Crippen LogP) is 3.42. The monoisotopic (exact) mass is 417 g/mol. The van der Waals surface area contributed by atoms with Crippen LogP contribution in [0.4, 0.5) is 11.8 Å². The van der Waals surface area contributed by atoms with Gasteiger partial charge in [0.15, 0.2) is 12.0 Å². The molecule has 168 valence electrons. The van der Waals surface area contributed by atoms with Crippen molar-refractivity contribution < 1.29 is 4.74 Å². The van der Waals surface area contributed by atoms with Crippen LogP contribution >= 0.6 is 0 Å². The van der Waals surface area contributed by atoms with E-state index in [-0.39, 0.29) is 12.3 Å². The highest BCUT2D eigenvalue weighted by molar-refractivity contribution is 5.55. The maximum Gasteiger partial charge on any atom is 0.229 e. The Kier molecular flexibility index (Phi) is 8.30. The van der Waals surface area contributed by atoms with Crippen molar-refractivity contribution >= 4 is 11.8 Å². The third-order valence-electron chi connectivity index (χ3n) is 5.88. The van der Waals surface area contributed by atoms with Gasteiger partial charge in [0.05, 0.1) is 18.3 Å². The number of ether oxygens (including phenoxy) is 1. The topological polar surface area (TPSA) is 86.4 Å². The van der Waals surface area contributed by atoms with Crippen molar-refractivity contribution in [3.8, 4) is 0 Å². The molecule has 8 nitrogen and oxygen atoms in total. The first-order valence-electron chi connectivity index (χ1n) is 11.6. The highest BCUT2D eigenvalue weighted by Gasteiger charge is 2.29. The first kappa shape index (κ1) is 22.8. The Labute approximate surface area is 181 Å². The van der Waals surface area contributed by atoms with Crippen LogP contribution in [-0.2, 0) is 4.74 Å². The first-order chi connectivity index (χ1) is 14.7. The molecule has 3 aliphatic rings.